The van der Waals surface area contributed by atoms with Crippen molar-refractivity contribution in [1.82, 2.24) is 10.2 Å². The molecule has 1 aliphatic carbocycles. The van der Waals surface area contributed by atoms with Gasteiger partial charge in [-0.25, -0.2) is 8.78 Å². The normalized spacial score (nSPS) is 25.6. The predicted molar refractivity (Wildman–Crippen MR) is 88.7 cm³/mol. The highest BCUT2D eigenvalue weighted by molar-refractivity contribution is 5.98. The van der Waals surface area contributed by atoms with Gasteiger partial charge in [-0.05, 0) is 37.3 Å². The molecular formula is C18H23F2N3O2. The molecule has 2 aliphatic rings. The SMILES string of the molecule is NCCNC(=O)C1CC2CCCCC2N1C(=O)c1ccc(F)cc1F. The van der Waals surface area contributed by atoms with Crippen LogP contribution in [0.3, 0.4) is 0 Å². The first-order valence-corrected chi connectivity index (χ1v) is 8.78. The molecule has 1 saturated heterocycles. The van der Waals surface area contributed by atoms with Crippen LogP contribution in [0.4, 0.5) is 8.78 Å². The smallest absolute Gasteiger partial charge is 0.257 e. The third kappa shape index (κ3) is 3.51. The van der Waals surface area contributed by atoms with Crippen LogP contribution in [0.25, 0.3) is 0 Å². The van der Waals surface area contributed by atoms with Crippen molar-refractivity contribution in [1.29, 1.82) is 0 Å². The van der Waals surface area contributed by atoms with Gasteiger partial charge >= 0.3 is 0 Å². The summed E-state index contributed by atoms with van der Waals surface area (Å²) in [4.78, 5) is 27.0. The minimum absolute atomic E-state index is 0.0701. The Morgan fingerprint density at radius 3 is 2.72 bits per heavy atom. The van der Waals surface area contributed by atoms with Crippen molar-refractivity contribution in [3.05, 3.63) is 35.4 Å². The van der Waals surface area contributed by atoms with Gasteiger partial charge in [-0.2, -0.15) is 0 Å². The summed E-state index contributed by atoms with van der Waals surface area (Å²) in [7, 11) is 0. The first-order valence-electron chi connectivity index (χ1n) is 8.78. The van der Waals surface area contributed by atoms with Crippen LogP contribution < -0.4 is 11.1 Å². The summed E-state index contributed by atoms with van der Waals surface area (Å²) in [6, 6.07) is 2.22. The number of hydrogen-bond acceptors (Lipinski definition) is 3. The number of hydrogen-bond donors (Lipinski definition) is 2. The van der Waals surface area contributed by atoms with Crippen molar-refractivity contribution >= 4 is 11.8 Å². The molecule has 1 saturated carbocycles. The van der Waals surface area contributed by atoms with E-state index in [1.165, 1.54) is 4.90 Å². The van der Waals surface area contributed by atoms with Gasteiger partial charge in [-0.3, -0.25) is 9.59 Å². The van der Waals surface area contributed by atoms with Crippen LogP contribution in [0.5, 0.6) is 0 Å². The molecule has 0 spiro atoms. The number of amides is 2. The lowest BCUT2D eigenvalue weighted by Gasteiger charge is -2.33. The van der Waals surface area contributed by atoms with Crippen molar-refractivity contribution in [2.24, 2.45) is 11.7 Å². The maximum absolute atomic E-state index is 14.1. The summed E-state index contributed by atoms with van der Waals surface area (Å²) in [5.41, 5.74) is 5.24. The molecule has 1 aromatic carbocycles. The Morgan fingerprint density at radius 1 is 1.24 bits per heavy atom. The quantitative estimate of drug-likeness (QED) is 0.869. The molecule has 2 amide bonds. The number of rotatable bonds is 4. The van der Waals surface area contributed by atoms with Gasteiger partial charge in [-0.1, -0.05) is 12.8 Å². The van der Waals surface area contributed by atoms with Crippen molar-refractivity contribution < 1.29 is 18.4 Å². The molecule has 136 valence electrons. The van der Waals surface area contributed by atoms with E-state index in [1.54, 1.807) is 0 Å². The molecule has 2 fully saturated rings. The van der Waals surface area contributed by atoms with Gasteiger partial charge in [0.05, 0.1) is 5.56 Å². The standard InChI is InChI=1S/C18H23F2N3O2/c19-12-5-6-13(14(20)10-12)18(25)23-15-4-2-1-3-11(15)9-16(23)17(24)22-8-7-21/h5-6,10-11,15-16H,1-4,7-9,21H2,(H,22,24). The van der Waals surface area contributed by atoms with Gasteiger partial charge in [0.2, 0.25) is 5.91 Å². The monoisotopic (exact) mass is 351 g/mol. The molecular weight excluding hydrogens is 328 g/mol. The predicted octanol–water partition coefficient (Wildman–Crippen LogP) is 1.81. The van der Waals surface area contributed by atoms with Crippen molar-refractivity contribution in [3.63, 3.8) is 0 Å². The minimum atomic E-state index is -0.898. The lowest BCUT2D eigenvalue weighted by molar-refractivity contribution is -0.125. The fourth-order valence-electron chi connectivity index (χ4n) is 4.10. The molecule has 0 aromatic heterocycles. The fourth-order valence-corrected chi connectivity index (χ4v) is 4.10. The van der Waals surface area contributed by atoms with Crippen LogP contribution in [-0.4, -0.2) is 41.9 Å². The van der Waals surface area contributed by atoms with Crippen LogP contribution in [0.2, 0.25) is 0 Å². The zero-order valence-corrected chi connectivity index (χ0v) is 14.0. The molecule has 3 atom stereocenters. The topological polar surface area (TPSA) is 75.4 Å². The number of benzene rings is 1. The zero-order chi connectivity index (χ0) is 18.0. The van der Waals surface area contributed by atoms with E-state index >= 15 is 0 Å². The second-order valence-electron chi connectivity index (χ2n) is 6.78. The maximum atomic E-state index is 14.1. The summed E-state index contributed by atoms with van der Waals surface area (Å²) in [5.74, 6) is -2.18. The van der Waals surface area contributed by atoms with Crippen LogP contribution in [0.1, 0.15) is 42.5 Å². The molecule has 1 aromatic rings. The Kier molecular flexibility index (Phi) is 5.32. The van der Waals surface area contributed by atoms with Crippen molar-refractivity contribution in [2.75, 3.05) is 13.1 Å². The van der Waals surface area contributed by atoms with E-state index in [0.29, 0.717) is 25.6 Å². The van der Waals surface area contributed by atoms with Gasteiger partial charge in [0.1, 0.15) is 17.7 Å². The first-order chi connectivity index (χ1) is 12.0. The van der Waals surface area contributed by atoms with E-state index in [0.717, 1.165) is 37.8 Å². The van der Waals surface area contributed by atoms with E-state index < -0.39 is 23.6 Å². The zero-order valence-electron chi connectivity index (χ0n) is 14.0. The third-order valence-electron chi connectivity index (χ3n) is 5.23. The Balaban J connectivity index is 1.90. The minimum Gasteiger partial charge on any atom is -0.353 e. The Labute approximate surface area is 145 Å². The van der Waals surface area contributed by atoms with Crippen LogP contribution >= 0.6 is 0 Å². The van der Waals surface area contributed by atoms with E-state index in [1.807, 2.05) is 0 Å². The summed E-state index contributed by atoms with van der Waals surface area (Å²) in [6.07, 6.45) is 4.40. The van der Waals surface area contributed by atoms with Crippen LogP contribution in [0.15, 0.2) is 18.2 Å². The van der Waals surface area contributed by atoms with Gasteiger partial charge < -0.3 is 16.0 Å². The van der Waals surface area contributed by atoms with E-state index in [4.69, 9.17) is 5.73 Å². The molecule has 0 bridgehead atoms. The van der Waals surface area contributed by atoms with E-state index in [9.17, 15) is 18.4 Å². The average Bonchev–Trinajstić information content (AvgIpc) is 2.98. The number of nitrogens with two attached hydrogens (primary N) is 1. The lowest BCUT2D eigenvalue weighted by atomic mass is 9.84. The Morgan fingerprint density at radius 2 is 2.00 bits per heavy atom. The summed E-state index contributed by atoms with van der Waals surface area (Å²) >= 11 is 0. The van der Waals surface area contributed by atoms with Gasteiger partial charge in [-0.15, -0.1) is 0 Å². The van der Waals surface area contributed by atoms with Gasteiger partial charge in [0.15, 0.2) is 0 Å². The Hall–Kier alpha value is -2.02. The second kappa shape index (κ2) is 7.47. The average molecular weight is 351 g/mol. The number of carbonyl (C=O) groups is 2. The molecule has 25 heavy (non-hydrogen) atoms. The summed E-state index contributed by atoms with van der Waals surface area (Å²) < 4.78 is 27.3. The van der Waals surface area contributed by atoms with E-state index in [-0.39, 0.29) is 23.4 Å². The molecule has 1 aliphatic heterocycles. The number of nitrogens with zero attached hydrogens (tertiary/aromatic N) is 1. The lowest BCUT2D eigenvalue weighted by Crippen LogP contribution is -2.50. The number of nitrogens with one attached hydrogen (secondary N) is 1. The van der Waals surface area contributed by atoms with Gasteiger partial charge in [0, 0.05) is 25.2 Å². The van der Waals surface area contributed by atoms with Crippen LogP contribution in [-0.2, 0) is 4.79 Å². The first kappa shape index (κ1) is 17.8. The van der Waals surface area contributed by atoms with Gasteiger partial charge in [0.25, 0.3) is 5.91 Å². The molecule has 1 heterocycles. The molecule has 5 nitrogen and oxygen atoms in total. The highest BCUT2D eigenvalue weighted by Crippen LogP contribution is 2.40. The summed E-state index contributed by atoms with van der Waals surface area (Å²) in [5, 5.41) is 2.73. The molecule has 3 rings (SSSR count). The largest absolute Gasteiger partial charge is 0.353 e. The van der Waals surface area contributed by atoms with E-state index in [2.05, 4.69) is 5.32 Å². The number of halogens is 2. The Bertz CT molecular complexity index is 668. The van der Waals surface area contributed by atoms with Crippen LogP contribution in [0, 0.1) is 17.6 Å². The molecule has 3 unspecified atom stereocenters. The second-order valence-corrected chi connectivity index (χ2v) is 6.78. The summed E-state index contributed by atoms with van der Waals surface area (Å²) in [6.45, 7) is 0.642. The van der Waals surface area contributed by atoms with Crippen molar-refractivity contribution in [2.45, 2.75) is 44.2 Å². The molecule has 0 radical (unpaired) electrons. The number of carbonyl (C=O) groups excluding carboxylic acids is 2. The highest BCUT2D eigenvalue weighted by Gasteiger charge is 2.47. The number of fused-ring (bicyclic) bond motifs is 1. The maximum Gasteiger partial charge on any atom is 0.257 e. The third-order valence-corrected chi connectivity index (χ3v) is 5.23. The van der Waals surface area contributed by atoms with Crippen molar-refractivity contribution in [3.8, 4) is 0 Å². The number of likely N-dealkylation sites (tertiary alicyclic amines) is 1. The molecule has 3 N–H and O–H groups in total. The highest BCUT2D eigenvalue weighted by atomic mass is 19.1. The fraction of sp³-hybridized carbons (Fsp3) is 0.556. The molecule has 7 heteroatoms.